The van der Waals surface area contributed by atoms with Gasteiger partial charge in [0.1, 0.15) is 0 Å². The number of allylic oxidation sites excluding steroid dienone is 8. The maximum Gasteiger partial charge on any atom is -0.147 e. The summed E-state index contributed by atoms with van der Waals surface area (Å²) in [5.41, 5.74) is 3.50. The van der Waals surface area contributed by atoms with Gasteiger partial charge in [0.05, 0.1) is 0 Å². The molecule has 2 aliphatic rings. The van der Waals surface area contributed by atoms with Crippen LogP contribution in [0.25, 0.3) is 0 Å². The predicted molar refractivity (Wildman–Crippen MR) is 141 cm³/mol. The minimum Gasteiger partial charge on any atom is -0.147 e. The Bertz CT molecular complexity index is 548. The standard InChI is InChI=1S/2C14H23.2ClH.Zr/c2*1-3-4-5-6-7-10-13(2)14-11-8-9-12-14;;;/h2*8,11,13H,3-7,9-10H2,1-2H3;2*1H;. The van der Waals surface area contributed by atoms with Crippen LogP contribution in [0.1, 0.15) is 118 Å². The maximum atomic E-state index is 2.49. The first kappa shape index (κ1) is 31.4. The molecule has 0 aromatic heterocycles. The molecule has 0 amide bonds. The molecule has 0 saturated heterocycles. The molecule has 0 heterocycles. The van der Waals surface area contributed by atoms with Crippen molar-refractivity contribution in [3.8, 4) is 0 Å². The molecule has 0 bridgehead atoms. The van der Waals surface area contributed by atoms with E-state index in [0.717, 1.165) is 11.8 Å². The molecule has 31 heavy (non-hydrogen) atoms. The Labute approximate surface area is 218 Å². The van der Waals surface area contributed by atoms with Gasteiger partial charge in [0, 0.05) is 0 Å². The van der Waals surface area contributed by atoms with Gasteiger partial charge in [-0.1, -0.05) is 0 Å². The zero-order valence-electron chi connectivity index (χ0n) is 20.7. The molecule has 0 fully saturated rings. The minimum atomic E-state index is -0.587. The van der Waals surface area contributed by atoms with Gasteiger partial charge in [-0.25, -0.2) is 0 Å². The molecule has 0 spiro atoms. The van der Waals surface area contributed by atoms with Gasteiger partial charge in [0.25, 0.3) is 0 Å². The molecular weight excluding hydrogens is 498 g/mol. The van der Waals surface area contributed by atoms with Crippen LogP contribution in [0.4, 0.5) is 0 Å². The predicted octanol–water partition coefficient (Wildman–Crippen LogP) is 10.3. The topological polar surface area (TPSA) is 0 Å². The zero-order valence-corrected chi connectivity index (χ0v) is 24.8. The van der Waals surface area contributed by atoms with Crippen LogP contribution in [0, 0.1) is 11.8 Å². The quantitative estimate of drug-likeness (QED) is 0.169. The summed E-state index contributed by atoms with van der Waals surface area (Å²) in [5.74, 6) is 1.56. The second-order valence-corrected chi connectivity index (χ2v) is 13.0. The van der Waals surface area contributed by atoms with Gasteiger partial charge in [0.2, 0.25) is 0 Å². The van der Waals surface area contributed by atoms with Gasteiger partial charge in [-0.2, -0.15) is 0 Å². The Morgan fingerprint density at radius 1 is 0.645 bits per heavy atom. The van der Waals surface area contributed by atoms with E-state index in [0.29, 0.717) is 0 Å². The van der Waals surface area contributed by atoms with Crippen molar-refractivity contribution < 1.29 is 23.2 Å². The van der Waals surface area contributed by atoms with Crippen molar-refractivity contribution in [1.29, 1.82) is 0 Å². The summed E-state index contributed by atoms with van der Waals surface area (Å²) >= 11 is -0.587. The summed E-state index contributed by atoms with van der Waals surface area (Å²) in [6.45, 7) is 9.60. The van der Waals surface area contributed by atoms with Gasteiger partial charge >= 0.3 is 195 Å². The molecule has 0 aliphatic heterocycles. The van der Waals surface area contributed by atoms with E-state index in [4.69, 9.17) is 0 Å². The summed E-state index contributed by atoms with van der Waals surface area (Å²) in [5, 5.41) is 0. The van der Waals surface area contributed by atoms with E-state index in [1.54, 1.807) is 11.1 Å². The van der Waals surface area contributed by atoms with Gasteiger partial charge in [-0.05, 0) is 0 Å². The Hall–Kier alpha value is 0.423. The van der Waals surface area contributed by atoms with Crippen LogP contribution < -0.4 is 0 Å². The van der Waals surface area contributed by atoms with Gasteiger partial charge in [-0.3, -0.25) is 0 Å². The van der Waals surface area contributed by atoms with E-state index in [1.165, 1.54) is 89.9 Å². The molecule has 0 radical (unpaired) electrons. The first-order valence-corrected chi connectivity index (χ1v) is 15.2. The summed E-state index contributed by atoms with van der Waals surface area (Å²) in [6, 6.07) is 0. The van der Waals surface area contributed by atoms with Crippen molar-refractivity contribution in [2.24, 2.45) is 11.8 Å². The zero-order chi connectivity index (χ0) is 20.9. The van der Waals surface area contributed by atoms with E-state index < -0.39 is 23.2 Å². The van der Waals surface area contributed by atoms with Crippen molar-refractivity contribution in [2.75, 3.05) is 0 Å². The Balaban J connectivity index is 0.00000450. The van der Waals surface area contributed by atoms with Crippen molar-refractivity contribution in [2.45, 2.75) is 118 Å². The fourth-order valence-corrected chi connectivity index (χ4v) is 9.12. The van der Waals surface area contributed by atoms with E-state index >= 15 is 0 Å². The molecule has 0 aromatic rings. The average molecular weight is 547 g/mol. The summed E-state index contributed by atoms with van der Waals surface area (Å²) in [6.07, 6.45) is 29.3. The first-order chi connectivity index (χ1) is 14.2. The maximum absolute atomic E-state index is 2.49. The smallest absolute Gasteiger partial charge is 0.147 e. The van der Waals surface area contributed by atoms with E-state index in [1.807, 2.05) is 6.56 Å². The van der Waals surface area contributed by atoms with E-state index in [-0.39, 0.29) is 24.8 Å². The third kappa shape index (κ3) is 11.4. The van der Waals surface area contributed by atoms with E-state index in [9.17, 15) is 0 Å². The number of rotatable bonds is 16. The van der Waals surface area contributed by atoms with Crippen molar-refractivity contribution in [3.63, 3.8) is 0 Å². The van der Waals surface area contributed by atoms with Crippen molar-refractivity contribution >= 4 is 24.8 Å². The fourth-order valence-electron chi connectivity index (χ4n) is 4.82. The van der Waals surface area contributed by atoms with Crippen molar-refractivity contribution in [1.82, 2.24) is 0 Å². The van der Waals surface area contributed by atoms with Crippen LogP contribution in [0.15, 0.2) is 42.0 Å². The molecule has 3 heteroatoms. The van der Waals surface area contributed by atoms with Gasteiger partial charge in [0.15, 0.2) is 0 Å². The molecular formula is C28H48Cl2Zr. The number of hydrogen-bond acceptors (Lipinski definition) is 0. The average Bonchev–Trinajstić information content (AvgIpc) is 3.37. The molecule has 0 aromatic carbocycles. The minimum absolute atomic E-state index is 0. The normalized spacial score (nSPS) is 17.0. The number of halogens is 2. The Morgan fingerprint density at radius 3 is 1.42 bits per heavy atom. The summed E-state index contributed by atoms with van der Waals surface area (Å²) in [7, 11) is 0. The number of hydrogen-bond donors (Lipinski definition) is 0. The van der Waals surface area contributed by atoms with Crippen LogP contribution in [0.5, 0.6) is 0 Å². The largest absolute Gasteiger partial charge is 0.147 e. The van der Waals surface area contributed by atoms with Gasteiger partial charge in [-0.15, -0.1) is 24.8 Å². The molecule has 2 rings (SSSR count). The van der Waals surface area contributed by atoms with Crippen LogP contribution in [0.2, 0.25) is 0 Å². The van der Waals surface area contributed by atoms with Gasteiger partial charge < -0.3 is 0 Å². The first-order valence-electron chi connectivity index (χ1n) is 12.7. The Morgan fingerprint density at radius 2 is 1.03 bits per heavy atom. The summed E-state index contributed by atoms with van der Waals surface area (Å²) in [4.78, 5) is 0. The second-order valence-electron chi connectivity index (χ2n) is 9.41. The van der Waals surface area contributed by atoms with Crippen LogP contribution in [-0.4, -0.2) is 0 Å². The molecule has 0 saturated carbocycles. The van der Waals surface area contributed by atoms with Crippen LogP contribution >= 0.6 is 24.8 Å². The third-order valence-electron chi connectivity index (χ3n) is 6.78. The van der Waals surface area contributed by atoms with Crippen molar-refractivity contribution in [3.05, 3.63) is 42.0 Å². The SMILES string of the molecule is CCCCCCCC(C)C1=[C]([Zr][C]2=C(C(C)CCCCCCC)C=CC2)CC=C1.Cl.Cl. The molecule has 0 N–H and O–H groups in total. The summed E-state index contributed by atoms with van der Waals surface area (Å²) < 4.78 is 3.78. The molecule has 2 atom stereocenters. The molecule has 2 aliphatic carbocycles. The fraction of sp³-hybridized carbons (Fsp3) is 0.714. The molecule has 2 unspecified atom stereocenters. The van der Waals surface area contributed by atoms with E-state index in [2.05, 4.69) is 52.0 Å². The van der Waals surface area contributed by atoms with Crippen LogP contribution in [-0.2, 0) is 23.2 Å². The second kappa shape index (κ2) is 18.8. The molecule has 0 nitrogen and oxygen atoms in total. The van der Waals surface area contributed by atoms with Crippen LogP contribution in [0.3, 0.4) is 0 Å². The molecule has 178 valence electrons. The Kier molecular flexibility index (Phi) is 19.1. The third-order valence-corrected chi connectivity index (χ3v) is 10.7. The monoisotopic (exact) mass is 544 g/mol. The number of unbranched alkanes of at least 4 members (excludes halogenated alkanes) is 8.